The fourth-order valence-electron chi connectivity index (χ4n) is 1.84. The number of amides is 1. The lowest BCUT2D eigenvalue weighted by Gasteiger charge is -2.07. The summed E-state index contributed by atoms with van der Waals surface area (Å²) in [4.78, 5) is 11.8. The first-order chi connectivity index (χ1) is 8.75. The van der Waals surface area contributed by atoms with Gasteiger partial charge in [-0.25, -0.2) is 0 Å². The highest BCUT2D eigenvalue weighted by molar-refractivity contribution is 5.78. The summed E-state index contributed by atoms with van der Waals surface area (Å²) in [6.07, 6.45) is 0.444. The van der Waals surface area contributed by atoms with Crippen LogP contribution in [0.15, 0.2) is 54.6 Å². The van der Waals surface area contributed by atoms with Gasteiger partial charge in [-0.15, -0.1) is 0 Å². The van der Waals surface area contributed by atoms with E-state index in [1.807, 2.05) is 61.5 Å². The molecule has 92 valence electrons. The molecule has 0 radical (unpaired) electrons. The summed E-state index contributed by atoms with van der Waals surface area (Å²) in [5, 5.41) is 2.94. The summed E-state index contributed by atoms with van der Waals surface area (Å²) < 4.78 is 0. The van der Waals surface area contributed by atoms with E-state index in [0.29, 0.717) is 13.0 Å². The number of carbonyl (C=O) groups excluding carboxylic acids is 1. The van der Waals surface area contributed by atoms with Crippen LogP contribution in [0.2, 0.25) is 0 Å². The Morgan fingerprint density at radius 3 is 2.39 bits per heavy atom. The van der Waals surface area contributed by atoms with Gasteiger partial charge >= 0.3 is 0 Å². The van der Waals surface area contributed by atoms with Gasteiger partial charge in [0.2, 0.25) is 5.91 Å². The monoisotopic (exact) mass is 239 g/mol. The SMILES string of the molecule is Cc1ccccc1CC(=O)NCc1ccccc1. The Morgan fingerprint density at radius 2 is 1.67 bits per heavy atom. The van der Waals surface area contributed by atoms with Gasteiger partial charge in [-0.05, 0) is 23.6 Å². The molecular weight excluding hydrogens is 222 g/mol. The molecule has 0 saturated heterocycles. The third-order valence-corrected chi connectivity index (χ3v) is 2.94. The average Bonchev–Trinajstić information content (AvgIpc) is 2.40. The van der Waals surface area contributed by atoms with Gasteiger partial charge in [0.05, 0.1) is 6.42 Å². The standard InChI is InChI=1S/C16H17NO/c1-13-7-5-6-10-15(13)11-16(18)17-12-14-8-3-2-4-9-14/h2-10H,11-12H2,1H3,(H,17,18). The number of hydrogen-bond acceptors (Lipinski definition) is 1. The predicted molar refractivity (Wildman–Crippen MR) is 73.2 cm³/mol. The molecule has 0 aliphatic carbocycles. The van der Waals surface area contributed by atoms with Crippen LogP contribution >= 0.6 is 0 Å². The van der Waals surface area contributed by atoms with Crippen LogP contribution in [-0.2, 0) is 17.8 Å². The minimum atomic E-state index is 0.0631. The highest BCUT2D eigenvalue weighted by Gasteiger charge is 2.04. The maximum Gasteiger partial charge on any atom is 0.224 e. The van der Waals surface area contributed by atoms with Crippen molar-refractivity contribution in [1.29, 1.82) is 0 Å². The first kappa shape index (κ1) is 12.4. The number of aryl methyl sites for hydroxylation is 1. The Balaban J connectivity index is 1.88. The van der Waals surface area contributed by atoms with Crippen molar-refractivity contribution < 1.29 is 4.79 Å². The van der Waals surface area contributed by atoms with Crippen molar-refractivity contribution in [2.24, 2.45) is 0 Å². The Labute approximate surface area is 108 Å². The lowest BCUT2D eigenvalue weighted by atomic mass is 10.1. The minimum absolute atomic E-state index is 0.0631. The second-order valence-corrected chi connectivity index (χ2v) is 4.37. The van der Waals surface area contributed by atoms with E-state index in [1.165, 1.54) is 0 Å². The zero-order valence-corrected chi connectivity index (χ0v) is 10.5. The zero-order valence-electron chi connectivity index (χ0n) is 10.5. The molecule has 0 aliphatic heterocycles. The molecule has 1 amide bonds. The number of nitrogens with one attached hydrogen (secondary N) is 1. The molecule has 0 fully saturated rings. The smallest absolute Gasteiger partial charge is 0.224 e. The van der Waals surface area contributed by atoms with E-state index >= 15 is 0 Å². The maximum absolute atomic E-state index is 11.8. The molecule has 0 unspecified atom stereocenters. The molecule has 0 atom stereocenters. The van der Waals surface area contributed by atoms with Gasteiger partial charge in [0.25, 0.3) is 0 Å². The van der Waals surface area contributed by atoms with Crippen molar-refractivity contribution in [3.63, 3.8) is 0 Å². The molecule has 2 rings (SSSR count). The Bertz CT molecular complexity index is 520. The lowest BCUT2D eigenvalue weighted by Crippen LogP contribution is -2.24. The largest absolute Gasteiger partial charge is 0.352 e. The van der Waals surface area contributed by atoms with Gasteiger partial charge in [-0.1, -0.05) is 54.6 Å². The van der Waals surface area contributed by atoms with Crippen LogP contribution in [0, 0.1) is 6.92 Å². The first-order valence-electron chi connectivity index (χ1n) is 6.11. The summed E-state index contributed by atoms with van der Waals surface area (Å²) >= 11 is 0. The number of carbonyl (C=O) groups is 1. The van der Waals surface area contributed by atoms with Gasteiger partial charge in [0, 0.05) is 6.54 Å². The van der Waals surface area contributed by atoms with Crippen molar-refractivity contribution in [2.75, 3.05) is 0 Å². The van der Waals surface area contributed by atoms with Crippen LogP contribution in [0.3, 0.4) is 0 Å². The highest BCUT2D eigenvalue weighted by Crippen LogP contribution is 2.07. The van der Waals surface area contributed by atoms with Crippen LogP contribution in [0.4, 0.5) is 0 Å². The summed E-state index contributed by atoms with van der Waals surface area (Å²) in [6, 6.07) is 17.9. The van der Waals surface area contributed by atoms with Gasteiger partial charge in [-0.3, -0.25) is 4.79 Å². The van der Waals surface area contributed by atoms with E-state index in [4.69, 9.17) is 0 Å². The Morgan fingerprint density at radius 1 is 1.00 bits per heavy atom. The van der Waals surface area contributed by atoms with Gasteiger partial charge in [-0.2, -0.15) is 0 Å². The normalized spacial score (nSPS) is 10.1. The lowest BCUT2D eigenvalue weighted by molar-refractivity contribution is -0.120. The molecule has 2 heteroatoms. The fourth-order valence-corrected chi connectivity index (χ4v) is 1.84. The highest BCUT2D eigenvalue weighted by atomic mass is 16.1. The van der Waals surface area contributed by atoms with Crippen molar-refractivity contribution in [1.82, 2.24) is 5.32 Å². The van der Waals surface area contributed by atoms with Crippen LogP contribution < -0.4 is 5.32 Å². The molecule has 0 bridgehead atoms. The number of hydrogen-bond donors (Lipinski definition) is 1. The van der Waals surface area contributed by atoms with Gasteiger partial charge < -0.3 is 5.32 Å². The predicted octanol–water partition coefficient (Wildman–Crippen LogP) is 2.85. The van der Waals surface area contributed by atoms with Crippen molar-refractivity contribution in [3.05, 3.63) is 71.3 Å². The number of rotatable bonds is 4. The van der Waals surface area contributed by atoms with E-state index in [0.717, 1.165) is 16.7 Å². The molecule has 2 nitrogen and oxygen atoms in total. The summed E-state index contributed by atoms with van der Waals surface area (Å²) in [5.74, 6) is 0.0631. The molecule has 0 aromatic heterocycles. The summed E-state index contributed by atoms with van der Waals surface area (Å²) in [7, 11) is 0. The van der Waals surface area contributed by atoms with E-state index in [2.05, 4.69) is 5.32 Å². The van der Waals surface area contributed by atoms with Crippen LogP contribution in [0.5, 0.6) is 0 Å². The molecule has 0 aliphatic rings. The molecule has 2 aromatic carbocycles. The van der Waals surface area contributed by atoms with Crippen LogP contribution in [-0.4, -0.2) is 5.91 Å². The Hall–Kier alpha value is -2.09. The quantitative estimate of drug-likeness (QED) is 0.873. The molecule has 0 spiro atoms. The minimum Gasteiger partial charge on any atom is -0.352 e. The topological polar surface area (TPSA) is 29.1 Å². The molecular formula is C16H17NO. The second-order valence-electron chi connectivity index (χ2n) is 4.37. The maximum atomic E-state index is 11.8. The van der Waals surface area contributed by atoms with Crippen LogP contribution in [0.25, 0.3) is 0 Å². The molecule has 0 saturated carbocycles. The van der Waals surface area contributed by atoms with Crippen LogP contribution in [0.1, 0.15) is 16.7 Å². The van der Waals surface area contributed by atoms with E-state index in [-0.39, 0.29) is 5.91 Å². The van der Waals surface area contributed by atoms with E-state index in [1.54, 1.807) is 0 Å². The average molecular weight is 239 g/mol. The third kappa shape index (κ3) is 3.45. The van der Waals surface area contributed by atoms with Gasteiger partial charge in [0.1, 0.15) is 0 Å². The molecule has 0 heterocycles. The molecule has 18 heavy (non-hydrogen) atoms. The van der Waals surface area contributed by atoms with Crippen molar-refractivity contribution in [2.45, 2.75) is 19.9 Å². The van der Waals surface area contributed by atoms with Crippen molar-refractivity contribution in [3.8, 4) is 0 Å². The molecule has 2 aromatic rings. The molecule has 1 N–H and O–H groups in total. The fraction of sp³-hybridized carbons (Fsp3) is 0.188. The third-order valence-electron chi connectivity index (χ3n) is 2.94. The second kappa shape index (κ2) is 6.01. The Kier molecular flexibility index (Phi) is 4.13. The van der Waals surface area contributed by atoms with Crippen molar-refractivity contribution >= 4 is 5.91 Å². The summed E-state index contributed by atoms with van der Waals surface area (Å²) in [5.41, 5.74) is 3.37. The number of benzene rings is 2. The van der Waals surface area contributed by atoms with Gasteiger partial charge in [0.15, 0.2) is 0 Å². The first-order valence-corrected chi connectivity index (χ1v) is 6.11. The zero-order chi connectivity index (χ0) is 12.8. The summed E-state index contributed by atoms with van der Waals surface area (Å²) in [6.45, 7) is 2.62. The van der Waals surface area contributed by atoms with E-state index in [9.17, 15) is 4.79 Å². The van der Waals surface area contributed by atoms with E-state index < -0.39 is 0 Å².